The van der Waals surface area contributed by atoms with E-state index in [9.17, 15) is 15.0 Å². The summed E-state index contributed by atoms with van der Waals surface area (Å²) in [6, 6.07) is 14.1. The summed E-state index contributed by atoms with van der Waals surface area (Å²) in [5.41, 5.74) is 5.43. The number of ketones is 1. The number of carbonyl (C=O) groups is 1. The van der Waals surface area contributed by atoms with Crippen molar-refractivity contribution in [2.24, 2.45) is 5.41 Å². The first-order valence-electron chi connectivity index (χ1n) is 10.5. The zero-order valence-electron chi connectivity index (χ0n) is 18.0. The number of nitrogens with one attached hydrogen (secondary N) is 1. The molecule has 0 saturated carbocycles. The molecule has 0 bridgehead atoms. The minimum atomic E-state index is -0.149. The highest BCUT2D eigenvalue weighted by atomic mass is 16.3. The van der Waals surface area contributed by atoms with Crippen LogP contribution < -0.4 is 5.32 Å². The summed E-state index contributed by atoms with van der Waals surface area (Å²) in [4.78, 5) is 12.1. The molecule has 1 atom stereocenters. The Morgan fingerprint density at radius 1 is 1.07 bits per heavy atom. The fourth-order valence-electron chi connectivity index (χ4n) is 4.04. The number of allylic oxidation sites excluding steroid dienone is 4. The standard InChI is InChI=1S/C26H31NO3/c1-4-25(30)20-10-11-24(26(2,3)14-20)19-6-5-7-23(13-19)27-15-18-8-9-21(16-28)22(12-18)17-29/h5-14,24,27-29H,4,15-17H2,1-3H3. The molecule has 0 heterocycles. The lowest BCUT2D eigenvalue weighted by Gasteiger charge is -2.33. The molecule has 2 aromatic rings. The molecule has 158 valence electrons. The molecule has 0 aromatic heterocycles. The van der Waals surface area contributed by atoms with Crippen LogP contribution >= 0.6 is 0 Å². The summed E-state index contributed by atoms with van der Waals surface area (Å²) >= 11 is 0. The average molecular weight is 406 g/mol. The summed E-state index contributed by atoms with van der Waals surface area (Å²) in [5, 5.41) is 22.3. The average Bonchev–Trinajstić information content (AvgIpc) is 2.76. The number of aliphatic hydroxyl groups is 2. The van der Waals surface area contributed by atoms with Gasteiger partial charge in [-0.1, -0.05) is 69.3 Å². The maximum atomic E-state index is 12.1. The summed E-state index contributed by atoms with van der Waals surface area (Å²) in [6.07, 6.45) is 6.72. The molecule has 4 heteroatoms. The lowest BCUT2D eigenvalue weighted by atomic mass is 9.70. The minimum absolute atomic E-state index is 0.0731. The van der Waals surface area contributed by atoms with Gasteiger partial charge in [-0.25, -0.2) is 0 Å². The number of aliphatic hydroxyl groups excluding tert-OH is 2. The largest absolute Gasteiger partial charge is 0.392 e. The van der Waals surface area contributed by atoms with E-state index in [-0.39, 0.29) is 30.3 Å². The van der Waals surface area contributed by atoms with E-state index in [0.717, 1.165) is 28.0 Å². The van der Waals surface area contributed by atoms with Gasteiger partial charge in [-0.15, -0.1) is 0 Å². The van der Waals surface area contributed by atoms with Crippen LogP contribution in [0.1, 0.15) is 55.4 Å². The van der Waals surface area contributed by atoms with Gasteiger partial charge in [0.2, 0.25) is 0 Å². The van der Waals surface area contributed by atoms with E-state index in [1.807, 2.05) is 43.3 Å². The Bertz CT molecular complexity index is 972. The van der Waals surface area contributed by atoms with Crippen LogP contribution in [0.25, 0.3) is 0 Å². The van der Waals surface area contributed by atoms with Crippen LogP contribution in [0.2, 0.25) is 0 Å². The number of carbonyl (C=O) groups excluding carboxylic acids is 1. The Labute approximate surface area is 179 Å². The molecule has 1 aliphatic rings. The van der Waals surface area contributed by atoms with Crippen molar-refractivity contribution in [3.63, 3.8) is 0 Å². The van der Waals surface area contributed by atoms with Crippen LogP contribution in [0.3, 0.4) is 0 Å². The molecule has 4 nitrogen and oxygen atoms in total. The summed E-state index contributed by atoms with van der Waals surface area (Å²) in [5.74, 6) is 0.375. The molecule has 30 heavy (non-hydrogen) atoms. The van der Waals surface area contributed by atoms with Crippen molar-refractivity contribution >= 4 is 11.5 Å². The van der Waals surface area contributed by atoms with Crippen LogP contribution in [0.15, 0.2) is 66.3 Å². The molecule has 0 fully saturated rings. The zero-order chi connectivity index (χ0) is 21.7. The number of benzene rings is 2. The molecule has 0 radical (unpaired) electrons. The van der Waals surface area contributed by atoms with E-state index in [0.29, 0.717) is 13.0 Å². The highest BCUT2D eigenvalue weighted by molar-refractivity contribution is 5.98. The second kappa shape index (κ2) is 9.41. The van der Waals surface area contributed by atoms with Crippen molar-refractivity contribution in [2.75, 3.05) is 5.32 Å². The van der Waals surface area contributed by atoms with Gasteiger partial charge in [0.1, 0.15) is 0 Å². The van der Waals surface area contributed by atoms with E-state index in [1.54, 1.807) is 0 Å². The monoisotopic (exact) mass is 405 g/mol. The first-order chi connectivity index (χ1) is 14.4. The van der Waals surface area contributed by atoms with Gasteiger partial charge in [0.25, 0.3) is 0 Å². The third kappa shape index (κ3) is 4.89. The highest BCUT2D eigenvalue weighted by Gasteiger charge is 2.31. The Morgan fingerprint density at radius 3 is 2.50 bits per heavy atom. The molecular formula is C26H31NO3. The molecule has 0 spiro atoms. The van der Waals surface area contributed by atoms with Gasteiger partial charge in [-0.05, 0) is 39.8 Å². The van der Waals surface area contributed by atoms with Crippen molar-refractivity contribution in [1.82, 2.24) is 0 Å². The van der Waals surface area contributed by atoms with Gasteiger partial charge in [0.05, 0.1) is 13.2 Å². The maximum absolute atomic E-state index is 12.1. The zero-order valence-corrected chi connectivity index (χ0v) is 18.0. The molecule has 0 amide bonds. The maximum Gasteiger partial charge on any atom is 0.162 e. The molecule has 1 aliphatic carbocycles. The van der Waals surface area contributed by atoms with Gasteiger partial charge in [0, 0.05) is 30.1 Å². The summed E-state index contributed by atoms with van der Waals surface area (Å²) in [7, 11) is 0. The Morgan fingerprint density at radius 2 is 1.83 bits per heavy atom. The Balaban J connectivity index is 1.75. The second-order valence-corrected chi connectivity index (χ2v) is 8.43. The van der Waals surface area contributed by atoms with Gasteiger partial charge >= 0.3 is 0 Å². The summed E-state index contributed by atoms with van der Waals surface area (Å²) < 4.78 is 0. The lowest BCUT2D eigenvalue weighted by Crippen LogP contribution is -2.23. The first kappa shape index (κ1) is 22.0. The van der Waals surface area contributed by atoms with Crippen LogP contribution in [0, 0.1) is 5.41 Å². The fraction of sp³-hybridized carbons (Fsp3) is 0.346. The van der Waals surface area contributed by atoms with Crippen LogP contribution in [0.5, 0.6) is 0 Å². The molecular weight excluding hydrogens is 374 g/mol. The van der Waals surface area contributed by atoms with Gasteiger partial charge < -0.3 is 15.5 Å². The SMILES string of the molecule is CCC(=O)C1=CC(C)(C)C(c2cccc(NCc3ccc(CO)c(CO)c3)c2)C=C1. The molecule has 3 N–H and O–H groups in total. The first-order valence-corrected chi connectivity index (χ1v) is 10.5. The fourth-order valence-corrected chi connectivity index (χ4v) is 4.04. The molecule has 0 aliphatic heterocycles. The second-order valence-electron chi connectivity index (χ2n) is 8.43. The molecule has 2 aromatic carbocycles. The molecule has 0 saturated heterocycles. The Hall–Kier alpha value is -2.69. The van der Waals surface area contributed by atoms with Crippen LogP contribution in [-0.4, -0.2) is 16.0 Å². The quantitative estimate of drug-likeness (QED) is 0.586. The van der Waals surface area contributed by atoms with Crippen molar-refractivity contribution in [2.45, 2.75) is 52.9 Å². The number of anilines is 1. The van der Waals surface area contributed by atoms with Crippen LogP contribution in [-0.2, 0) is 24.6 Å². The van der Waals surface area contributed by atoms with E-state index in [2.05, 4.69) is 43.4 Å². The lowest BCUT2D eigenvalue weighted by molar-refractivity contribution is -0.115. The summed E-state index contributed by atoms with van der Waals surface area (Å²) in [6.45, 7) is 6.70. The topological polar surface area (TPSA) is 69.6 Å². The number of hydrogen-bond acceptors (Lipinski definition) is 4. The Kier molecular flexibility index (Phi) is 6.91. The number of rotatable bonds is 8. The van der Waals surface area contributed by atoms with Gasteiger partial charge in [0.15, 0.2) is 5.78 Å². The van der Waals surface area contributed by atoms with Crippen molar-refractivity contribution in [3.8, 4) is 0 Å². The van der Waals surface area contributed by atoms with Gasteiger partial charge in [-0.3, -0.25) is 4.79 Å². The third-order valence-electron chi connectivity index (χ3n) is 5.79. The van der Waals surface area contributed by atoms with E-state index in [4.69, 9.17) is 0 Å². The van der Waals surface area contributed by atoms with Crippen molar-refractivity contribution in [1.29, 1.82) is 0 Å². The highest BCUT2D eigenvalue weighted by Crippen LogP contribution is 2.42. The predicted molar refractivity (Wildman–Crippen MR) is 121 cm³/mol. The smallest absolute Gasteiger partial charge is 0.162 e. The van der Waals surface area contributed by atoms with Crippen LogP contribution in [0.4, 0.5) is 5.69 Å². The molecule has 1 unspecified atom stereocenters. The molecule has 3 rings (SSSR count). The predicted octanol–water partition coefficient (Wildman–Crippen LogP) is 4.87. The van der Waals surface area contributed by atoms with Gasteiger partial charge in [-0.2, -0.15) is 0 Å². The normalized spacial score (nSPS) is 17.5. The van der Waals surface area contributed by atoms with E-state index < -0.39 is 0 Å². The van der Waals surface area contributed by atoms with E-state index >= 15 is 0 Å². The van der Waals surface area contributed by atoms with Crippen molar-refractivity contribution < 1.29 is 15.0 Å². The van der Waals surface area contributed by atoms with E-state index in [1.165, 1.54) is 5.56 Å². The third-order valence-corrected chi connectivity index (χ3v) is 5.79. The number of Topliss-reactive ketones (excluding diaryl/α,β-unsaturated/α-hetero) is 1. The minimum Gasteiger partial charge on any atom is -0.392 e. The van der Waals surface area contributed by atoms with Crippen molar-refractivity contribution in [3.05, 3.63) is 88.5 Å². The number of hydrogen-bond donors (Lipinski definition) is 3.